The molecule has 1 amide bonds. The van der Waals surface area contributed by atoms with Crippen molar-refractivity contribution in [3.63, 3.8) is 0 Å². The van der Waals surface area contributed by atoms with Crippen LogP contribution in [0.1, 0.15) is 12.5 Å². The maximum Gasteiger partial charge on any atom is 0.407 e. The zero-order valence-electron chi connectivity index (χ0n) is 10.5. The van der Waals surface area contributed by atoms with Crippen molar-refractivity contribution < 1.29 is 14.3 Å². The third kappa shape index (κ3) is 2.74. The molecule has 0 bridgehead atoms. The van der Waals surface area contributed by atoms with Crippen LogP contribution in [0.4, 0.5) is 9.18 Å². The molecule has 1 heterocycles. The second-order valence-electron chi connectivity index (χ2n) is 4.97. The zero-order chi connectivity index (χ0) is 14.2. The topological polar surface area (TPSA) is 66.6 Å². The third-order valence-electron chi connectivity index (χ3n) is 3.69. The molecule has 19 heavy (non-hydrogen) atoms. The van der Waals surface area contributed by atoms with Gasteiger partial charge in [-0.3, -0.25) is 0 Å². The lowest BCUT2D eigenvalue weighted by atomic mass is 9.96. The molecule has 3 N–H and O–H groups in total. The molecule has 104 valence electrons. The standard InChI is InChI=1S/C13H16BrFN2O2/c1-7-6-17(13(18)19)10(12(7)16)5-8-3-2-4-9(14)11(8)15/h2-4,7,10,12H,5-6,16H2,1H3,(H,18,19). The summed E-state index contributed by atoms with van der Waals surface area (Å²) in [5.74, 6) is -0.268. The summed E-state index contributed by atoms with van der Waals surface area (Å²) in [7, 11) is 0. The van der Waals surface area contributed by atoms with Gasteiger partial charge in [-0.05, 0) is 39.9 Å². The molecule has 1 aliphatic heterocycles. The Morgan fingerprint density at radius 1 is 1.63 bits per heavy atom. The molecular formula is C13H16BrFN2O2. The lowest BCUT2D eigenvalue weighted by molar-refractivity contribution is 0.137. The van der Waals surface area contributed by atoms with Crippen molar-refractivity contribution in [3.8, 4) is 0 Å². The minimum absolute atomic E-state index is 0.0799. The Bertz CT molecular complexity index is 498. The van der Waals surface area contributed by atoms with Gasteiger partial charge in [-0.15, -0.1) is 0 Å². The Kier molecular flexibility index (Phi) is 4.10. The van der Waals surface area contributed by atoms with E-state index in [0.29, 0.717) is 23.0 Å². The van der Waals surface area contributed by atoms with E-state index < -0.39 is 6.09 Å². The van der Waals surface area contributed by atoms with E-state index in [9.17, 15) is 14.3 Å². The predicted octanol–water partition coefficient (Wildman–Crippen LogP) is 2.46. The van der Waals surface area contributed by atoms with Gasteiger partial charge in [-0.2, -0.15) is 0 Å². The highest BCUT2D eigenvalue weighted by Gasteiger charge is 2.40. The average molecular weight is 331 g/mol. The normalized spacial score (nSPS) is 26.7. The van der Waals surface area contributed by atoms with Gasteiger partial charge in [0.15, 0.2) is 0 Å². The molecule has 3 atom stereocenters. The Labute approximate surface area is 119 Å². The summed E-state index contributed by atoms with van der Waals surface area (Å²) in [6.07, 6.45) is -0.705. The second kappa shape index (κ2) is 5.46. The van der Waals surface area contributed by atoms with E-state index in [1.165, 1.54) is 4.90 Å². The van der Waals surface area contributed by atoms with Crippen molar-refractivity contribution in [1.82, 2.24) is 4.90 Å². The van der Waals surface area contributed by atoms with Gasteiger partial charge < -0.3 is 15.7 Å². The molecule has 0 saturated carbocycles. The first-order valence-electron chi connectivity index (χ1n) is 6.10. The van der Waals surface area contributed by atoms with Gasteiger partial charge in [-0.1, -0.05) is 19.1 Å². The quantitative estimate of drug-likeness (QED) is 0.875. The fraction of sp³-hybridized carbons (Fsp3) is 0.462. The van der Waals surface area contributed by atoms with E-state index in [1.54, 1.807) is 18.2 Å². The molecule has 6 heteroatoms. The van der Waals surface area contributed by atoms with Crippen LogP contribution in [0.15, 0.2) is 22.7 Å². The SMILES string of the molecule is CC1CN(C(=O)O)C(Cc2cccc(Br)c2F)C1N. The van der Waals surface area contributed by atoms with E-state index >= 15 is 0 Å². The molecule has 1 aromatic carbocycles. The number of carbonyl (C=O) groups is 1. The zero-order valence-corrected chi connectivity index (χ0v) is 12.1. The van der Waals surface area contributed by atoms with Gasteiger partial charge in [-0.25, -0.2) is 9.18 Å². The number of likely N-dealkylation sites (tertiary alicyclic amines) is 1. The Balaban J connectivity index is 2.25. The average Bonchev–Trinajstić information content (AvgIpc) is 2.63. The fourth-order valence-electron chi connectivity index (χ4n) is 2.55. The van der Waals surface area contributed by atoms with Gasteiger partial charge in [0.05, 0.1) is 10.5 Å². The molecule has 1 saturated heterocycles. The Morgan fingerprint density at radius 3 is 2.95 bits per heavy atom. The van der Waals surface area contributed by atoms with E-state index in [0.717, 1.165) is 0 Å². The number of benzene rings is 1. The molecule has 0 aliphatic carbocycles. The van der Waals surface area contributed by atoms with Gasteiger partial charge in [0.2, 0.25) is 0 Å². The number of halogens is 2. The monoisotopic (exact) mass is 330 g/mol. The van der Waals surface area contributed by atoms with Crippen LogP contribution in [-0.2, 0) is 6.42 Å². The van der Waals surface area contributed by atoms with E-state index in [-0.39, 0.29) is 23.8 Å². The number of rotatable bonds is 2. The number of hydrogen-bond acceptors (Lipinski definition) is 2. The Morgan fingerprint density at radius 2 is 2.32 bits per heavy atom. The van der Waals surface area contributed by atoms with Crippen molar-refractivity contribution in [1.29, 1.82) is 0 Å². The number of carboxylic acid groups (broad SMARTS) is 1. The van der Waals surface area contributed by atoms with Crippen LogP contribution in [0.2, 0.25) is 0 Å². The summed E-state index contributed by atoms with van der Waals surface area (Å²) >= 11 is 3.13. The lowest BCUT2D eigenvalue weighted by Gasteiger charge is -2.24. The van der Waals surface area contributed by atoms with E-state index in [2.05, 4.69) is 15.9 Å². The number of nitrogens with zero attached hydrogens (tertiary/aromatic N) is 1. The Hall–Kier alpha value is -1.14. The molecule has 0 aromatic heterocycles. The van der Waals surface area contributed by atoms with Crippen LogP contribution in [0.25, 0.3) is 0 Å². The fourth-order valence-corrected chi connectivity index (χ4v) is 2.96. The molecule has 1 aromatic rings. The maximum absolute atomic E-state index is 14.0. The predicted molar refractivity (Wildman–Crippen MR) is 73.5 cm³/mol. The van der Waals surface area contributed by atoms with Crippen LogP contribution in [0.5, 0.6) is 0 Å². The summed E-state index contributed by atoms with van der Waals surface area (Å²) in [6, 6.07) is 4.36. The number of amides is 1. The summed E-state index contributed by atoms with van der Waals surface area (Å²) in [5.41, 5.74) is 6.53. The molecule has 0 radical (unpaired) electrons. The summed E-state index contributed by atoms with van der Waals surface area (Å²) in [5, 5.41) is 9.19. The smallest absolute Gasteiger partial charge is 0.407 e. The molecule has 2 rings (SSSR count). The van der Waals surface area contributed by atoms with Crippen molar-refractivity contribution in [3.05, 3.63) is 34.1 Å². The van der Waals surface area contributed by atoms with Gasteiger partial charge in [0.1, 0.15) is 5.82 Å². The first kappa shape index (κ1) is 14.3. The van der Waals surface area contributed by atoms with Crippen LogP contribution in [0.3, 0.4) is 0 Å². The largest absolute Gasteiger partial charge is 0.465 e. The lowest BCUT2D eigenvalue weighted by Crippen LogP contribution is -2.44. The number of hydrogen-bond donors (Lipinski definition) is 2. The van der Waals surface area contributed by atoms with Gasteiger partial charge in [0, 0.05) is 12.6 Å². The number of nitrogens with two attached hydrogens (primary N) is 1. The summed E-state index contributed by atoms with van der Waals surface area (Å²) < 4.78 is 14.3. The second-order valence-corrected chi connectivity index (χ2v) is 5.83. The van der Waals surface area contributed by atoms with Crippen LogP contribution < -0.4 is 5.73 Å². The maximum atomic E-state index is 14.0. The van der Waals surface area contributed by atoms with E-state index in [4.69, 9.17) is 5.73 Å². The highest BCUT2D eigenvalue weighted by Crippen LogP contribution is 2.27. The minimum atomic E-state index is -1.000. The van der Waals surface area contributed by atoms with Crippen molar-refractivity contribution >= 4 is 22.0 Å². The molecular weight excluding hydrogens is 315 g/mol. The molecule has 4 nitrogen and oxygen atoms in total. The van der Waals surface area contributed by atoms with Gasteiger partial charge in [0.25, 0.3) is 0 Å². The first-order valence-corrected chi connectivity index (χ1v) is 6.89. The molecule has 1 fully saturated rings. The third-order valence-corrected chi connectivity index (χ3v) is 4.31. The minimum Gasteiger partial charge on any atom is -0.465 e. The van der Waals surface area contributed by atoms with Crippen molar-refractivity contribution in [2.24, 2.45) is 11.7 Å². The van der Waals surface area contributed by atoms with Gasteiger partial charge >= 0.3 is 6.09 Å². The van der Waals surface area contributed by atoms with Crippen molar-refractivity contribution in [2.75, 3.05) is 6.54 Å². The van der Waals surface area contributed by atoms with E-state index in [1.807, 2.05) is 6.92 Å². The summed E-state index contributed by atoms with van der Waals surface area (Å²) in [6.45, 7) is 2.31. The molecule has 0 spiro atoms. The molecule has 3 unspecified atom stereocenters. The van der Waals surface area contributed by atoms with Crippen molar-refractivity contribution in [2.45, 2.75) is 25.4 Å². The highest BCUT2D eigenvalue weighted by molar-refractivity contribution is 9.10. The summed E-state index contributed by atoms with van der Waals surface area (Å²) in [4.78, 5) is 12.5. The first-order chi connectivity index (χ1) is 8.91. The van der Waals surface area contributed by atoms with Crippen LogP contribution in [0, 0.1) is 11.7 Å². The highest BCUT2D eigenvalue weighted by atomic mass is 79.9. The van der Waals surface area contributed by atoms with Crippen LogP contribution in [-0.4, -0.2) is 34.7 Å². The molecule has 1 aliphatic rings. The van der Waals surface area contributed by atoms with Crippen LogP contribution >= 0.6 is 15.9 Å².